The topological polar surface area (TPSA) is 20.2 Å². The molecule has 0 aliphatic rings. The second-order valence-electron chi connectivity index (χ2n) is 3.60. The van der Waals surface area contributed by atoms with Crippen molar-refractivity contribution in [2.45, 2.75) is 33.6 Å². The standard InChI is InChI=1S/C11H16O.Ca/c1-7(2)10-6-5-8(3)9(4)11(10)12;/h5-7,12H,1-4H3;. The molecule has 0 bridgehead atoms. The van der Waals surface area contributed by atoms with Gasteiger partial charge in [-0.05, 0) is 36.5 Å². The molecule has 0 heterocycles. The van der Waals surface area contributed by atoms with E-state index in [0.29, 0.717) is 11.7 Å². The third kappa shape index (κ3) is 2.87. The van der Waals surface area contributed by atoms with Crippen molar-refractivity contribution < 1.29 is 5.11 Å². The fourth-order valence-corrected chi connectivity index (χ4v) is 1.29. The number of benzene rings is 1. The molecule has 1 nitrogen and oxygen atoms in total. The van der Waals surface area contributed by atoms with Crippen LogP contribution in [-0.4, -0.2) is 42.8 Å². The van der Waals surface area contributed by atoms with E-state index in [4.69, 9.17) is 0 Å². The number of phenols is 1. The van der Waals surface area contributed by atoms with Crippen molar-refractivity contribution in [3.05, 3.63) is 28.8 Å². The number of rotatable bonds is 1. The number of aryl methyl sites for hydroxylation is 1. The second kappa shape index (κ2) is 5.23. The molecule has 1 aromatic rings. The first kappa shape index (κ1) is 13.3. The molecule has 0 aromatic heterocycles. The average Bonchev–Trinajstić information content (AvgIpc) is 2.00. The summed E-state index contributed by atoms with van der Waals surface area (Å²) in [6, 6.07) is 4.06. The van der Waals surface area contributed by atoms with Gasteiger partial charge in [0.05, 0.1) is 0 Å². The van der Waals surface area contributed by atoms with Crippen LogP contribution in [-0.2, 0) is 0 Å². The summed E-state index contributed by atoms with van der Waals surface area (Å²) in [5, 5.41) is 9.75. The number of hydrogen-bond donors (Lipinski definition) is 1. The third-order valence-corrected chi connectivity index (χ3v) is 2.36. The fourth-order valence-electron chi connectivity index (χ4n) is 1.29. The van der Waals surface area contributed by atoms with E-state index < -0.39 is 0 Å². The van der Waals surface area contributed by atoms with Crippen LogP contribution in [0.4, 0.5) is 0 Å². The van der Waals surface area contributed by atoms with E-state index in [9.17, 15) is 5.11 Å². The molecule has 0 fully saturated rings. The molecule has 68 valence electrons. The molecular weight excluding hydrogens is 188 g/mol. The molecule has 2 radical (unpaired) electrons. The first-order chi connectivity index (χ1) is 5.54. The second-order valence-corrected chi connectivity index (χ2v) is 3.60. The Morgan fingerprint density at radius 2 is 1.69 bits per heavy atom. The molecule has 0 atom stereocenters. The first-order valence-corrected chi connectivity index (χ1v) is 4.33. The van der Waals surface area contributed by atoms with E-state index in [2.05, 4.69) is 19.9 Å². The zero-order valence-electron chi connectivity index (χ0n) is 8.89. The molecule has 13 heavy (non-hydrogen) atoms. The predicted molar refractivity (Wildman–Crippen MR) is 57.4 cm³/mol. The van der Waals surface area contributed by atoms with Crippen LogP contribution in [0, 0.1) is 13.8 Å². The van der Waals surface area contributed by atoms with E-state index in [1.807, 2.05) is 19.9 Å². The van der Waals surface area contributed by atoms with Crippen LogP contribution in [0.5, 0.6) is 5.75 Å². The Balaban J connectivity index is 0.00000144. The van der Waals surface area contributed by atoms with Gasteiger partial charge in [-0.1, -0.05) is 26.0 Å². The van der Waals surface area contributed by atoms with Gasteiger partial charge in [0.15, 0.2) is 0 Å². The van der Waals surface area contributed by atoms with Crippen molar-refractivity contribution in [1.82, 2.24) is 0 Å². The van der Waals surface area contributed by atoms with Crippen molar-refractivity contribution in [2.75, 3.05) is 0 Å². The quantitative estimate of drug-likeness (QED) is 0.697. The molecule has 0 saturated heterocycles. The molecule has 0 aliphatic carbocycles. The molecule has 2 heteroatoms. The van der Waals surface area contributed by atoms with Crippen molar-refractivity contribution in [3.63, 3.8) is 0 Å². The monoisotopic (exact) mass is 204 g/mol. The molecule has 1 rings (SSSR count). The van der Waals surface area contributed by atoms with Crippen molar-refractivity contribution in [3.8, 4) is 5.75 Å². The van der Waals surface area contributed by atoms with Gasteiger partial charge in [0, 0.05) is 37.7 Å². The SMILES string of the molecule is Cc1ccc(C(C)C)c(O)c1C.[Ca]. The summed E-state index contributed by atoms with van der Waals surface area (Å²) in [4.78, 5) is 0. The van der Waals surface area contributed by atoms with Crippen LogP contribution < -0.4 is 0 Å². The fraction of sp³-hybridized carbons (Fsp3) is 0.455. The molecule has 0 spiro atoms. The van der Waals surface area contributed by atoms with E-state index in [-0.39, 0.29) is 37.7 Å². The van der Waals surface area contributed by atoms with Gasteiger partial charge in [0.1, 0.15) is 5.75 Å². The molecule has 1 N–H and O–H groups in total. The van der Waals surface area contributed by atoms with E-state index in [1.165, 1.54) is 0 Å². The Kier molecular flexibility index (Phi) is 5.35. The Morgan fingerprint density at radius 1 is 1.15 bits per heavy atom. The van der Waals surface area contributed by atoms with Crippen molar-refractivity contribution in [2.24, 2.45) is 0 Å². The van der Waals surface area contributed by atoms with E-state index in [0.717, 1.165) is 16.7 Å². The maximum atomic E-state index is 9.75. The average molecular weight is 204 g/mol. The molecule has 0 saturated carbocycles. The Hall–Kier alpha value is 0.280. The normalized spacial score (nSPS) is 9.92. The van der Waals surface area contributed by atoms with Crippen molar-refractivity contribution in [1.29, 1.82) is 0 Å². The number of phenolic OH excluding ortho intramolecular Hbond substituents is 1. The predicted octanol–water partition coefficient (Wildman–Crippen LogP) is 2.75. The summed E-state index contributed by atoms with van der Waals surface area (Å²) >= 11 is 0. The number of hydrogen-bond acceptors (Lipinski definition) is 1. The van der Waals surface area contributed by atoms with Crippen LogP contribution in [0.15, 0.2) is 12.1 Å². The third-order valence-electron chi connectivity index (χ3n) is 2.36. The molecule has 0 unspecified atom stereocenters. The van der Waals surface area contributed by atoms with Crippen LogP contribution in [0.2, 0.25) is 0 Å². The zero-order valence-corrected chi connectivity index (χ0v) is 11.1. The summed E-state index contributed by atoms with van der Waals surface area (Å²) in [6.07, 6.45) is 0. The minimum absolute atomic E-state index is 0. The Labute approximate surface area is 110 Å². The summed E-state index contributed by atoms with van der Waals surface area (Å²) in [5.74, 6) is 0.856. The maximum Gasteiger partial charge on any atom is 0.122 e. The summed E-state index contributed by atoms with van der Waals surface area (Å²) in [6.45, 7) is 8.14. The molecular formula is C11H16CaO. The van der Waals surface area contributed by atoms with Crippen molar-refractivity contribution >= 4 is 37.7 Å². The number of aromatic hydroxyl groups is 1. The van der Waals surface area contributed by atoms with E-state index >= 15 is 0 Å². The van der Waals surface area contributed by atoms with Gasteiger partial charge in [-0.25, -0.2) is 0 Å². The molecule has 1 aromatic carbocycles. The van der Waals surface area contributed by atoms with Gasteiger partial charge in [0.2, 0.25) is 0 Å². The molecule has 0 aliphatic heterocycles. The van der Waals surface area contributed by atoms with Crippen LogP contribution >= 0.6 is 0 Å². The largest absolute Gasteiger partial charge is 0.507 e. The van der Waals surface area contributed by atoms with Gasteiger partial charge in [-0.15, -0.1) is 0 Å². The smallest absolute Gasteiger partial charge is 0.122 e. The van der Waals surface area contributed by atoms with Gasteiger partial charge >= 0.3 is 0 Å². The van der Waals surface area contributed by atoms with Gasteiger partial charge in [0.25, 0.3) is 0 Å². The van der Waals surface area contributed by atoms with Crippen LogP contribution in [0.1, 0.15) is 36.5 Å². The van der Waals surface area contributed by atoms with Crippen LogP contribution in [0.25, 0.3) is 0 Å². The van der Waals surface area contributed by atoms with Gasteiger partial charge in [-0.2, -0.15) is 0 Å². The molecule has 0 amide bonds. The summed E-state index contributed by atoms with van der Waals surface area (Å²) in [7, 11) is 0. The van der Waals surface area contributed by atoms with Gasteiger partial charge < -0.3 is 5.11 Å². The van der Waals surface area contributed by atoms with Crippen LogP contribution in [0.3, 0.4) is 0 Å². The Morgan fingerprint density at radius 3 is 2.15 bits per heavy atom. The minimum Gasteiger partial charge on any atom is -0.507 e. The Bertz CT molecular complexity index is 292. The first-order valence-electron chi connectivity index (χ1n) is 4.33. The maximum absolute atomic E-state index is 9.75. The summed E-state index contributed by atoms with van der Waals surface area (Å²) < 4.78 is 0. The minimum atomic E-state index is 0. The summed E-state index contributed by atoms with van der Waals surface area (Å²) in [5.41, 5.74) is 3.19. The van der Waals surface area contributed by atoms with E-state index in [1.54, 1.807) is 0 Å². The van der Waals surface area contributed by atoms with Gasteiger partial charge in [-0.3, -0.25) is 0 Å². The zero-order chi connectivity index (χ0) is 9.30.